The van der Waals surface area contributed by atoms with Crippen LogP contribution in [0.4, 0.5) is 4.79 Å². The van der Waals surface area contributed by atoms with Gasteiger partial charge in [-0.1, -0.05) is 28.1 Å². The molecule has 1 rings (SSSR count). The van der Waals surface area contributed by atoms with Crippen molar-refractivity contribution in [1.82, 2.24) is 10.6 Å². The van der Waals surface area contributed by atoms with E-state index in [0.717, 1.165) is 15.6 Å². The van der Waals surface area contributed by atoms with Crippen LogP contribution in [0, 0.1) is 6.92 Å². The fraction of sp³-hybridized carbons (Fsp3) is 0.500. The molecule has 0 aliphatic heterocycles. The quantitative estimate of drug-likeness (QED) is 0.644. The molecule has 0 bridgehead atoms. The van der Waals surface area contributed by atoms with Crippen LogP contribution in [0.1, 0.15) is 37.8 Å². The van der Waals surface area contributed by atoms with Crippen molar-refractivity contribution in [1.29, 1.82) is 0 Å². The van der Waals surface area contributed by atoms with E-state index in [-0.39, 0.29) is 12.5 Å². The Morgan fingerprint density at radius 2 is 2.00 bits per heavy atom. The Kier molecular flexibility index (Phi) is 6.87. The zero-order valence-corrected chi connectivity index (χ0v) is 14.8. The highest BCUT2D eigenvalue weighted by molar-refractivity contribution is 9.10. The molecule has 0 saturated carbocycles. The number of hydrogen-bond acceptors (Lipinski definition) is 2. The van der Waals surface area contributed by atoms with Crippen LogP contribution in [0.15, 0.2) is 22.7 Å². The van der Waals surface area contributed by atoms with Crippen molar-refractivity contribution in [3.05, 3.63) is 33.8 Å². The summed E-state index contributed by atoms with van der Waals surface area (Å²) in [5.41, 5.74) is 1.92. The van der Waals surface area contributed by atoms with Crippen molar-refractivity contribution >= 4 is 27.9 Å². The van der Waals surface area contributed by atoms with E-state index in [9.17, 15) is 9.59 Å². The van der Waals surface area contributed by atoms with Crippen LogP contribution in [0.25, 0.3) is 0 Å². The minimum atomic E-state index is -0.854. The van der Waals surface area contributed by atoms with Gasteiger partial charge in [0.2, 0.25) is 0 Å². The Bertz CT molecular complexity index is 544. The highest BCUT2D eigenvalue weighted by Crippen LogP contribution is 2.20. The molecule has 0 spiro atoms. The summed E-state index contributed by atoms with van der Waals surface area (Å²) in [6.07, 6.45) is 1.20. The van der Waals surface area contributed by atoms with Crippen LogP contribution in [-0.2, 0) is 11.2 Å². The summed E-state index contributed by atoms with van der Waals surface area (Å²) in [6, 6.07) is 5.86. The molecule has 6 heteroatoms. The minimum Gasteiger partial charge on any atom is -0.481 e. The van der Waals surface area contributed by atoms with Crippen LogP contribution in [0.2, 0.25) is 0 Å². The third-order valence-electron chi connectivity index (χ3n) is 3.17. The van der Waals surface area contributed by atoms with Gasteiger partial charge in [-0.2, -0.15) is 0 Å². The first-order chi connectivity index (χ1) is 10.2. The fourth-order valence-corrected chi connectivity index (χ4v) is 2.41. The maximum atomic E-state index is 11.8. The third-order valence-corrected chi connectivity index (χ3v) is 4.06. The molecular weight excluding hydrogens is 348 g/mol. The van der Waals surface area contributed by atoms with E-state index in [4.69, 9.17) is 5.11 Å². The molecule has 3 N–H and O–H groups in total. The van der Waals surface area contributed by atoms with E-state index in [0.29, 0.717) is 19.4 Å². The van der Waals surface area contributed by atoms with Crippen LogP contribution < -0.4 is 10.6 Å². The molecule has 22 heavy (non-hydrogen) atoms. The molecule has 2 amide bonds. The van der Waals surface area contributed by atoms with Gasteiger partial charge in [0.15, 0.2) is 0 Å². The van der Waals surface area contributed by atoms with Crippen molar-refractivity contribution < 1.29 is 14.7 Å². The zero-order valence-electron chi connectivity index (χ0n) is 13.2. The number of aryl methyl sites for hydroxylation is 1. The number of benzene rings is 1. The lowest BCUT2D eigenvalue weighted by Crippen LogP contribution is -2.49. The molecule has 122 valence electrons. The van der Waals surface area contributed by atoms with E-state index < -0.39 is 11.5 Å². The molecule has 0 atom stereocenters. The fourth-order valence-electron chi connectivity index (χ4n) is 2.16. The highest BCUT2D eigenvalue weighted by Gasteiger charge is 2.21. The molecule has 0 radical (unpaired) electrons. The predicted octanol–water partition coefficient (Wildman–Crippen LogP) is 3.24. The van der Waals surface area contributed by atoms with Gasteiger partial charge in [0, 0.05) is 23.0 Å². The molecule has 0 aliphatic rings. The van der Waals surface area contributed by atoms with Crippen LogP contribution >= 0.6 is 15.9 Å². The Morgan fingerprint density at radius 3 is 2.59 bits per heavy atom. The Hall–Kier alpha value is -1.56. The molecule has 0 aromatic heterocycles. The maximum Gasteiger partial charge on any atom is 0.315 e. The molecule has 5 nitrogen and oxygen atoms in total. The van der Waals surface area contributed by atoms with Gasteiger partial charge in [0.05, 0.1) is 0 Å². The maximum absolute atomic E-state index is 11.8. The minimum absolute atomic E-state index is 0.0574. The summed E-state index contributed by atoms with van der Waals surface area (Å²) in [6.45, 7) is 6.30. The van der Waals surface area contributed by atoms with Gasteiger partial charge >= 0.3 is 12.0 Å². The van der Waals surface area contributed by atoms with Crippen LogP contribution in [-0.4, -0.2) is 29.2 Å². The zero-order chi connectivity index (χ0) is 16.8. The average molecular weight is 371 g/mol. The van der Waals surface area contributed by atoms with Gasteiger partial charge in [0.1, 0.15) is 0 Å². The number of carboxylic acids is 1. The van der Waals surface area contributed by atoms with Crippen LogP contribution in [0.3, 0.4) is 0 Å². The summed E-state index contributed by atoms with van der Waals surface area (Å²) in [7, 11) is 0. The number of carboxylic acid groups (broad SMARTS) is 1. The second-order valence-electron chi connectivity index (χ2n) is 6.02. The number of carbonyl (C=O) groups is 2. The topological polar surface area (TPSA) is 78.4 Å². The number of hydrogen-bond donors (Lipinski definition) is 3. The SMILES string of the molecule is Cc1cc(CC(C)(C)NC(=O)NCCCC(=O)O)ccc1Br. The lowest BCUT2D eigenvalue weighted by atomic mass is 9.94. The lowest BCUT2D eigenvalue weighted by Gasteiger charge is -2.27. The van der Waals surface area contributed by atoms with Gasteiger partial charge in [-0.3, -0.25) is 4.79 Å². The van der Waals surface area contributed by atoms with E-state index in [1.54, 1.807) is 0 Å². The Morgan fingerprint density at radius 1 is 1.32 bits per heavy atom. The van der Waals surface area contributed by atoms with Crippen molar-refractivity contribution in [3.63, 3.8) is 0 Å². The predicted molar refractivity (Wildman–Crippen MR) is 90.1 cm³/mol. The number of amides is 2. The molecule has 0 saturated heterocycles. The second-order valence-corrected chi connectivity index (χ2v) is 6.88. The van der Waals surface area contributed by atoms with Crippen molar-refractivity contribution in [3.8, 4) is 0 Å². The number of halogens is 1. The largest absolute Gasteiger partial charge is 0.481 e. The summed E-state index contributed by atoms with van der Waals surface area (Å²) >= 11 is 3.47. The Balaban J connectivity index is 2.46. The molecule has 1 aromatic rings. The van der Waals surface area contributed by atoms with Gasteiger partial charge in [0.25, 0.3) is 0 Å². The monoisotopic (exact) mass is 370 g/mol. The Labute approximate surface area is 139 Å². The molecule has 1 aromatic carbocycles. The summed E-state index contributed by atoms with van der Waals surface area (Å²) < 4.78 is 1.07. The summed E-state index contributed by atoms with van der Waals surface area (Å²) in [5.74, 6) is -0.854. The summed E-state index contributed by atoms with van der Waals surface area (Å²) in [4.78, 5) is 22.2. The normalized spacial score (nSPS) is 11.1. The van der Waals surface area contributed by atoms with E-state index in [1.165, 1.54) is 0 Å². The number of urea groups is 1. The van der Waals surface area contributed by atoms with E-state index in [2.05, 4.69) is 32.6 Å². The molecule has 0 unspecified atom stereocenters. The molecule has 0 fully saturated rings. The van der Waals surface area contributed by atoms with E-state index >= 15 is 0 Å². The third kappa shape index (κ3) is 6.93. The van der Waals surface area contributed by atoms with Crippen LogP contribution in [0.5, 0.6) is 0 Å². The molecule has 0 heterocycles. The smallest absolute Gasteiger partial charge is 0.315 e. The van der Waals surface area contributed by atoms with Crippen molar-refractivity contribution in [2.45, 2.75) is 45.6 Å². The number of aliphatic carboxylic acids is 1. The van der Waals surface area contributed by atoms with Gasteiger partial charge in [-0.25, -0.2) is 4.79 Å². The van der Waals surface area contributed by atoms with Gasteiger partial charge in [-0.05, 0) is 50.8 Å². The molecular formula is C16H23BrN2O3. The number of nitrogens with one attached hydrogen (secondary N) is 2. The molecule has 0 aliphatic carbocycles. The first kappa shape index (κ1) is 18.5. The first-order valence-corrected chi connectivity index (χ1v) is 8.02. The standard InChI is InChI=1S/C16H23BrN2O3/c1-11-9-12(6-7-13(11)17)10-16(2,3)19-15(22)18-8-4-5-14(20)21/h6-7,9H,4-5,8,10H2,1-3H3,(H,20,21)(H2,18,19,22). The first-order valence-electron chi connectivity index (χ1n) is 7.22. The number of rotatable bonds is 7. The number of carbonyl (C=O) groups excluding carboxylic acids is 1. The van der Waals surface area contributed by atoms with Crippen molar-refractivity contribution in [2.24, 2.45) is 0 Å². The van der Waals surface area contributed by atoms with E-state index in [1.807, 2.05) is 32.9 Å². The van der Waals surface area contributed by atoms with Gasteiger partial charge < -0.3 is 15.7 Å². The second kappa shape index (κ2) is 8.17. The van der Waals surface area contributed by atoms with Crippen molar-refractivity contribution in [2.75, 3.05) is 6.54 Å². The lowest BCUT2D eigenvalue weighted by molar-refractivity contribution is -0.137. The highest BCUT2D eigenvalue weighted by atomic mass is 79.9. The summed E-state index contributed by atoms with van der Waals surface area (Å²) in [5, 5.41) is 14.1. The van der Waals surface area contributed by atoms with Gasteiger partial charge in [-0.15, -0.1) is 0 Å². The average Bonchev–Trinajstić information content (AvgIpc) is 2.38.